The highest BCUT2D eigenvalue weighted by Crippen LogP contribution is 2.72. The summed E-state index contributed by atoms with van der Waals surface area (Å²) in [6.45, 7) is 8.93. The largest absolute Gasteiger partial charge is 0.390 e. The number of nitrogens with zero attached hydrogens (tertiary/aromatic N) is 1. The van der Waals surface area contributed by atoms with Crippen LogP contribution in [0.2, 0.25) is 0 Å². The normalized spacial score (nSPS) is 53.9. The Bertz CT molecular complexity index is 642. The van der Waals surface area contributed by atoms with Gasteiger partial charge in [0.15, 0.2) is 6.54 Å². The average Bonchev–Trinajstić information content (AvgIpc) is 2.58. The Hall–Kier alpha value is -0.670. The third-order valence-electron chi connectivity index (χ3n) is 9.36. The minimum absolute atomic E-state index is 0.0826. The Morgan fingerprint density at radius 3 is 2.80 bits per heavy atom. The van der Waals surface area contributed by atoms with Crippen LogP contribution in [0.15, 0.2) is 12.2 Å². The Kier molecular flexibility index (Phi) is 3.43. The molecule has 3 heteroatoms. The van der Waals surface area contributed by atoms with Crippen molar-refractivity contribution in [1.29, 1.82) is 0 Å². The number of rotatable bonds is 2. The zero-order valence-electron chi connectivity index (χ0n) is 15.7. The van der Waals surface area contributed by atoms with Crippen LogP contribution in [-0.4, -0.2) is 46.8 Å². The smallest absolute Gasteiger partial charge is 0.165 e. The molecule has 5 aliphatic carbocycles. The van der Waals surface area contributed by atoms with Crippen LogP contribution in [0, 0.1) is 34.0 Å². The minimum Gasteiger partial charge on any atom is -0.390 e. The highest BCUT2D eigenvalue weighted by atomic mass is 16.3. The van der Waals surface area contributed by atoms with E-state index in [1.165, 1.54) is 51.4 Å². The molecular weight excluding hydrogens is 310 g/mol. The molecule has 6 rings (SSSR count). The lowest BCUT2D eigenvalue weighted by Crippen LogP contribution is -2.68. The summed E-state index contributed by atoms with van der Waals surface area (Å²) in [5, 5.41) is 20.8. The SMILES string of the molecule is C=C1[C@@H]2CC[C@]3(CC[C@H]4[C@@]5(C)CCC[C@@]4(C=[N+](CCO)C5)[C@H]3C2)[C@@H]1O. The maximum atomic E-state index is 11.2. The summed E-state index contributed by atoms with van der Waals surface area (Å²) in [4.78, 5) is 0. The van der Waals surface area contributed by atoms with Crippen LogP contribution in [0.5, 0.6) is 0 Å². The van der Waals surface area contributed by atoms with E-state index in [1.807, 2.05) is 0 Å². The van der Waals surface area contributed by atoms with E-state index in [4.69, 9.17) is 0 Å². The van der Waals surface area contributed by atoms with Crippen molar-refractivity contribution in [3.63, 3.8) is 0 Å². The van der Waals surface area contributed by atoms with Gasteiger partial charge in [-0.15, -0.1) is 0 Å². The minimum atomic E-state index is -0.282. The third kappa shape index (κ3) is 1.92. The lowest BCUT2D eigenvalue weighted by atomic mass is 9.35. The molecule has 5 saturated carbocycles. The van der Waals surface area contributed by atoms with Crippen LogP contribution >= 0.6 is 0 Å². The fourth-order valence-corrected chi connectivity index (χ4v) is 8.50. The molecule has 7 atom stereocenters. The van der Waals surface area contributed by atoms with E-state index in [0.717, 1.165) is 24.6 Å². The molecule has 1 aliphatic heterocycles. The molecule has 25 heavy (non-hydrogen) atoms. The van der Waals surface area contributed by atoms with Crippen molar-refractivity contribution in [3.8, 4) is 0 Å². The molecule has 3 nitrogen and oxygen atoms in total. The van der Waals surface area contributed by atoms with E-state index >= 15 is 0 Å². The van der Waals surface area contributed by atoms with Crippen LogP contribution in [0.3, 0.4) is 0 Å². The van der Waals surface area contributed by atoms with Crippen molar-refractivity contribution in [1.82, 2.24) is 0 Å². The lowest BCUT2D eigenvalue weighted by molar-refractivity contribution is -0.560. The molecule has 0 aromatic heterocycles. The second-order valence-electron chi connectivity index (χ2n) is 10.3. The summed E-state index contributed by atoms with van der Waals surface area (Å²) in [6, 6.07) is 0. The fourth-order valence-electron chi connectivity index (χ4n) is 8.50. The second kappa shape index (κ2) is 5.19. The van der Waals surface area contributed by atoms with E-state index in [1.54, 1.807) is 0 Å². The lowest BCUT2D eigenvalue weighted by Gasteiger charge is -2.68. The molecule has 0 aromatic rings. The van der Waals surface area contributed by atoms with Gasteiger partial charge in [0, 0.05) is 10.8 Å². The molecule has 0 aromatic carbocycles. The zero-order valence-corrected chi connectivity index (χ0v) is 15.7. The van der Waals surface area contributed by atoms with Gasteiger partial charge in [0.25, 0.3) is 0 Å². The van der Waals surface area contributed by atoms with Gasteiger partial charge in [0.05, 0.1) is 11.5 Å². The van der Waals surface area contributed by atoms with Gasteiger partial charge in [0.1, 0.15) is 19.4 Å². The van der Waals surface area contributed by atoms with Crippen LogP contribution in [0.1, 0.15) is 58.3 Å². The summed E-state index contributed by atoms with van der Waals surface area (Å²) in [7, 11) is 0. The first-order valence-electron chi connectivity index (χ1n) is 10.5. The molecule has 138 valence electrons. The molecule has 0 saturated heterocycles. The third-order valence-corrected chi connectivity index (χ3v) is 9.36. The quantitative estimate of drug-likeness (QED) is 0.597. The average molecular weight is 345 g/mol. The molecule has 6 aliphatic rings. The van der Waals surface area contributed by atoms with Crippen molar-refractivity contribution >= 4 is 6.21 Å². The summed E-state index contributed by atoms with van der Waals surface area (Å²) in [5.74, 6) is 1.91. The molecule has 0 amide bonds. The number of aliphatic hydroxyl groups is 2. The van der Waals surface area contributed by atoms with Crippen molar-refractivity contribution in [3.05, 3.63) is 12.2 Å². The summed E-state index contributed by atoms with van der Waals surface area (Å²) < 4.78 is 2.44. The molecular formula is C22H34NO2+. The molecule has 1 spiro atoms. The van der Waals surface area contributed by atoms with Gasteiger partial charge < -0.3 is 10.2 Å². The maximum Gasteiger partial charge on any atom is 0.165 e. The number of fused-ring (bicyclic) bond motifs is 2. The Morgan fingerprint density at radius 2 is 2.00 bits per heavy atom. The highest BCUT2D eigenvalue weighted by Gasteiger charge is 2.70. The van der Waals surface area contributed by atoms with Crippen LogP contribution in [-0.2, 0) is 0 Å². The summed E-state index contributed by atoms with van der Waals surface area (Å²) in [6.07, 6.45) is 12.4. The van der Waals surface area contributed by atoms with Crippen LogP contribution in [0.4, 0.5) is 0 Å². The van der Waals surface area contributed by atoms with Gasteiger partial charge in [-0.05, 0) is 68.3 Å². The second-order valence-corrected chi connectivity index (χ2v) is 10.3. The first-order chi connectivity index (χ1) is 12.0. The molecule has 2 N–H and O–H groups in total. The fraction of sp³-hybridized carbons (Fsp3) is 0.864. The van der Waals surface area contributed by atoms with Crippen LogP contribution < -0.4 is 0 Å². The summed E-state index contributed by atoms with van der Waals surface area (Å²) >= 11 is 0. The van der Waals surface area contributed by atoms with E-state index in [-0.39, 0.29) is 23.5 Å². The molecule has 0 radical (unpaired) electrons. The maximum absolute atomic E-state index is 11.2. The topological polar surface area (TPSA) is 43.5 Å². The first kappa shape index (κ1) is 16.5. The van der Waals surface area contributed by atoms with Gasteiger partial charge in [-0.1, -0.05) is 19.9 Å². The van der Waals surface area contributed by atoms with E-state index in [2.05, 4.69) is 24.3 Å². The van der Waals surface area contributed by atoms with E-state index < -0.39 is 0 Å². The molecule has 4 bridgehead atoms. The van der Waals surface area contributed by atoms with Crippen molar-refractivity contribution in [2.45, 2.75) is 64.4 Å². The predicted molar refractivity (Wildman–Crippen MR) is 98.7 cm³/mol. The van der Waals surface area contributed by atoms with Gasteiger partial charge >= 0.3 is 0 Å². The summed E-state index contributed by atoms with van der Waals surface area (Å²) in [5.41, 5.74) is 1.85. The standard InChI is InChI=1S/C22H34NO2/c1-15-16-4-8-21(19(15)25)9-5-17-20(2)6-3-7-22(17,18(21)12-16)14-23(13-20)10-11-24/h14,16-19,24-25H,1,3-13H2,2H3/q+1/t16-,17+,18+,19-,20+,21-,22+/m1/s1. The van der Waals surface area contributed by atoms with Crippen LogP contribution in [0.25, 0.3) is 0 Å². The Labute approximate surface area is 151 Å². The van der Waals surface area contributed by atoms with Gasteiger partial charge in [-0.25, -0.2) is 4.58 Å². The Balaban J connectivity index is 1.65. The molecule has 1 heterocycles. The van der Waals surface area contributed by atoms with E-state index in [0.29, 0.717) is 17.3 Å². The Morgan fingerprint density at radius 1 is 1.20 bits per heavy atom. The predicted octanol–water partition coefficient (Wildman–Crippen LogP) is 3.00. The van der Waals surface area contributed by atoms with Crippen molar-refractivity contribution < 1.29 is 14.8 Å². The number of hydrogen-bond donors (Lipinski definition) is 2. The molecule has 0 unspecified atom stereocenters. The van der Waals surface area contributed by atoms with E-state index in [9.17, 15) is 10.2 Å². The number of aliphatic hydroxyl groups excluding tert-OH is 2. The number of hydrogen-bond acceptors (Lipinski definition) is 2. The highest BCUT2D eigenvalue weighted by molar-refractivity contribution is 5.65. The van der Waals surface area contributed by atoms with Crippen molar-refractivity contribution in [2.24, 2.45) is 34.0 Å². The van der Waals surface area contributed by atoms with Gasteiger partial charge in [0.2, 0.25) is 0 Å². The number of β-amino-alcohol motifs (C(OH)–C–C–N with tert-alkyl or cyclic N) is 1. The first-order valence-corrected chi connectivity index (χ1v) is 10.5. The zero-order chi connectivity index (χ0) is 17.4. The van der Waals surface area contributed by atoms with Gasteiger partial charge in [-0.2, -0.15) is 0 Å². The van der Waals surface area contributed by atoms with Crippen molar-refractivity contribution in [2.75, 3.05) is 19.7 Å². The monoisotopic (exact) mass is 344 g/mol. The van der Waals surface area contributed by atoms with Gasteiger partial charge in [-0.3, -0.25) is 0 Å². The molecule has 5 fully saturated rings.